The Bertz CT molecular complexity index is 655. The number of rotatable bonds is 7. The fourth-order valence-corrected chi connectivity index (χ4v) is 3.01. The zero-order chi connectivity index (χ0) is 19.9. The average molecular weight is 375 g/mol. The molecule has 1 N–H and O–H groups in total. The first-order valence-corrected chi connectivity index (χ1v) is 9.44. The summed E-state index contributed by atoms with van der Waals surface area (Å²) in [4.78, 5) is 42.2. The van der Waals surface area contributed by atoms with Crippen LogP contribution in [0.25, 0.3) is 0 Å². The minimum atomic E-state index is -0.606. The molecule has 0 radical (unpaired) electrons. The van der Waals surface area contributed by atoms with Crippen LogP contribution < -0.4 is 5.32 Å². The van der Waals surface area contributed by atoms with Crippen LogP contribution in [-0.4, -0.2) is 52.4 Å². The quantitative estimate of drug-likeness (QED) is 0.791. The second kappa shape index (κ2) is 9.48. The topological polar surface area (TPSA) is 88.6 Å². The van der Waals surface area contributed by atoms with Gasteiger partial charge in [0.25, 0.3) is 0 Å². The van der Waals surface area contributed by atoms with E-state index < -0.39 is 17.7 Å². The summed E-state index contributed by atoms with van der Waals surface area (Å²) in [7, 11) is 0. The highest BCUT2D eigenvalue weighted by atomic mass is 16.6. The largest absolute Gasteiger partial charge is 0.444 e. The maximum absolute atomic E-state index is 12.4. The number of Topliss-reactive ketones (excluding diaryl/α,β-unsaturated/α-hetero) is 1. The zero-order valence-electron chi connectivity index (χ0n) is 16.4. The van der Waals surface area contributed by atoms with Crippen molar-refractivity contribution in [1.82, 2.24) is 15.2 Å². The van der Waals surface area contributed by atoms with Gasteiger partial charge >= 0.3 is 6.09 Å². The highest BCUT2D eigenvalue weighted by Gasteiger charge is 2.36. The number of carbonyl (C=O) groups excluding carboxylic acids is 3. The summed E-state index contributed by atoms with van der Waals surface area (Å²) >= 11 is 0. The van der Waals surface area contributed by atoms with Crippen molar-refractivity contribution in [3.63, 3.8) is 0 Å². The maximum Gasteiger partial charge on any atom is 0.410 e. The van der Waals surface area contributed by atoms with E-state index in [4.69, 9.17) is 4.74 Å². The molecule has 0 spiro atoms. The van der Waals surface area contributed by atoms with Crippen LogP contribution in [0.1, 0.15) is 52.0 Å². The van der Waals surface area contributed by atoms with E-state index in [-0.39, 0.29) is 18.2 Å². The van der Waals surface area contributed by atoms with Gasteiger partial charge in [-0.2, -0.15) is 0 Å². The Balaban J connectivity index is 1.73. The van der Waals surface area contributed by atoms with Crippen LogP contribution >= 0.6 is 0 Å². The van der Waals surface area contributed by atoms with Crippen LogP contribution in [0.2, 0.25) is 0 Å². The molecule has 1 aromatic rings. The number of hydrogen-bond donors (Lipinski definition) is 1. The fraction of sp³-hybridized carbons (Fsp3) is 0.600. The Morgan fingerprint density at radius 2 is 2.11 bits per heavy atom. The van der Waals surface area contributed by atoms with Gasteiger partial charge in [0.15, 0.2) is 5.78 Å². The van der Waals surface area contributed by atoms with Crippen molar-refractivity contribution in [2.75, 3.05) is 13.1 Å². The highest BCUT2D eigenvalue weighted by Crippen LogP contribution is 2.21. The molecule has 0 aliphatic carbocycles. The standard InChI is InChI=1S/C20H29N3O4/c1-20(2,3)27-19(26)23-12-6-10-17(23)18(25)22-14-16(24)9-4-7-15-8-5-11-21-13-15/h5,8,11,13,17H,4,6-7,9-10,12,14H2,1-3H3,(H,22,25). The van der Waals surface area contributed by atoms with Gasteiger partial charge in [0.1, 0.15) is 11.6 Å². The number of amides is 2. The van der Waals surface area contributed by atoms with Crippen molar-refractivity contribution in [3.05, 3.63) is 30.1 Å². The van der Waals surface area contributed by atoms with E-state index in [1.165, 1.54) is 4.90 Å². The minimum Gasteiger partial charge on any atom is -0.444 e. The van der Waals surface area contributed by atoms with Gasteiger partial charge in [-0.05, 0) is 58.1 Å². The van der Waals surface area contributed by atoms with Crippen molar-refractivity contribution in [2.24, 2.45) is 0 Å². The predicted octanol–water partition coefficient (Wildman–Crippen LogP) is 2.49. The lowest BCUT2D eigenvalue weighted by atomic mass is 10.1. The molecule has 1 aliphatic heterocycles. The van der Waals surface area contributed by atoms with Crippen LogP contribution in [-0.2, 0) is 20.7 Å². The van der Waals surface area contributed by atoms with E-state index in [9.17, 15) is 14.4 Å². The molecular weight excluding hydrogens is 346 g/mol. The van der Waals surface area contributed by atoms with Gasteiger partial charge in [-0.3, -0.25) is 19.5 Å². The number of likely N-dealkylation sites (tertiary alicyclic amines) is 1. The molecule has 0 saturated carbocycles. The van der Waals surface area contributed by atoms with Crippen molar-refractivity contribution < 1.29 is 19.1 Å². The molecular formula is C20H29N3O4. The fourth-order valence-electron chi connectivity index (χ4n) is 3.01. The molecule has 2 rings (SSSR count). The van der Waals surface area contributed by atoms with Crippen molar-refractivity contribution in [2.45, 2.75) is 64.5 Å². The van der Waals surface area contributed by atoms with Gasteiger partial charge in [-0.25, -0.2) is 4.79 Å². The van der Waals surface area contributed by atoms with Gasteiger partial charge in [-0.15, -0.1) is 0 Å². The highest BCUT2D eigenvalue weighted by molar-refractivity contribution is 5.90. The number of carbonyl (C=O) groups is 3. The molecule has 27 heavy (non-hydrogen) atoms. The van der Waals surface area contributed by atoms with Gasteiger partial charge < -0.3 is 10.1 Å². The second-order valence-electron chi connectivity index (χ2n) is 7.80. The molecule has 1 aliphatic rings. The van der Waals surface area contributed by atoms with Crippen molar-refractivity contribution in [3.8, 4) is 0 Å². The molecule has 7 nitrogen and oxygen atoms in total. The van der Waals surface area contributed by atoms with E-state index in [2.05, 4.69) is 10.3 Å². The molecule has 0 bridgehead atoms. The van der Waals surface area contributed by atoms with E-state index in [1.54, 1.807) is 33.2 Å². The summed E-state index contributed by atoms with van der Waals surface area (Å²) in [6, 6.07) is 3.28. The second-order valence-corrected chi connectivity index (χ2v) is 7.80. The molecule has 1 saturated heterocycles. The lowest BCUT2D eigenvalue weighted by molar-refractivity contribution is -0.128. The summed E-state index contributed by atoms with van der Waals surface area (Å²) in [6.07, 6.45) is 6.25. The van der Waals surface area contributed by atoms with Gasteiger partial charge in [-0.1, -0.05) is 6.07 Å². The smallest absolute Gasteiger partial charge is 0.410 e. The zero-order valence-corrected chi connectivity index (χ0v) is 16.4. The number of pyridine rings is 1. The van der Waals surface area contributed by atoms with Crippen LogP contribution in [0, 0.1) is 0 Å². The van der Waals surface area contributed by atoms with Gasteiger partial charge in [0.2, 0.25) is 5.91 Å². The first kappa shape index (κ1) is 20.9. The number of nitrogens with one attached hydrogen (secondary N) is 1. The normalized spacial score (nSPS) is 16.9. The average Bonchev–Trinajstić information content (AvgIpc) is 3.09. The van der Waals surface area contributed by atoms with E-state index in [0.717, 1.165) is 18.4 Å². The monoisotopic (exact) mass is 375 g/mol. The summed E-state index contributed by atoms with van der Waals surface area (Å²) in [5.41, 5.74) is 0.485. The Kier molecular flexibility index (Phi) is 7.33. The van der Waals surface area contributed by atoms with Gasteiger partial charge in [0.05, 0.1) is 6.54 Å². The maximum atomic E-state index is 12.4. The van der Waals surface area contributed by atoms with Crippen molar-refractivity contribution in [1.29, 1.82) is 0 Å². The Morgan fingerprint density at radius 3 is 2.78 bits per heavy atom. The number of ketones is 1. The minimum absolute atomic E-state index is 0.00939. The number of hydrogen-bond acceptors (Lipinski definition) is 5. The molecule has 1 aromatic heterocycles. The third-order valence-electron chi connectivity index (χ3n) is 4.29. The molecule has 7 heteroatoms. The predicted molar refractivity (Wildman–Crippen MR) is 101 cm³/mol. The molecule has 1 unspecified atom stereocenters. The number of ether oxygens (including phenoxy) is 1. The van der Waals surface area contributed by atoms with E-state index in [0.29, 0.717) is 25.8 Å². The summed E-state index contributed by atoms with van der Waals surface area (Å²) in [5, 5.41) is 2.67. The molecule has 2 heterocycles. The van der Waals surface area contributed by atoms with Crippen LogP contribution in [0.4, 0.5) is 4.79 Å². The van der Waals surface area contributed by atoms with Crippen LogP contribution in [0.3, 0.4) is 0 Å². The molecule has 0 aromatic carbocycles. The Hall–Kier alpha value is -2.44. The lowest BCUT2D eigenvalue weighted by Crippen LogP contribution is -2.48. The number of aryl methyl sites for hydroxylation is 1. The molecule has 1 atom stereocenters. The van der Waals surface area contributed by atoms with Crippen molar-refractivity contribution >= 4 is 17.8 Å². The first-order valence-electron chi connectivity index (χ1n) is 9.44. The van der Waals surface area contributed by atoms with E-state index in [1.807, 2.05) is 12.1 Å². The number of aromatic nitrogens is 1. The molecule has 2 amide bonds. The van der Waals surface area contributed by atoms with E-state index >= 15 is 0 Å². The molecule has 148 valence electrons. The third kappa shape index (κ3) is 7.00. The Labute approximate surface area is 160 Å². The summed E-state index contributed by atoms with van der Waals surface area (Å²) in [6.45, 7) is 5.86. The Morgan fingerprint density at radius 1 is 1.33 bits per heavy atom. The van der Waals surface area contributed by atoms with Gasteiger partial charge in [0, 0.05) is 25.4 Å². The SMILES string of the molecule is CC(C)(C)OC(=O)N1CCCC1C(=O)NCC(=O)CCCc1cccnc1. The number of nitrogens with zero attached hydrogens (tertiary/aromatic N) is 2. The van der Waals surface area contributed by atoms with Crippen LogP contribution in [0.15, 0.2) is 24.5 Å². The third-order valence-corrected chi connectivity index (χ3v) is 4.29. The first-order chi connectivity index (χ1) is 12.8. The summed E-state index contributed by atoms with van der Waals surface area (Å²) in [5.74, 6) is -0.312. The van der Waals surface area contributed by atoms with Crippen LogP contribution in [0.5, 0.6) is 0 Å². The molecule has 1 fully saturated rings. The lowest BCUT2D eigenvalue weighted by Gasteiger charge is -2.28. The summed E-state index contributed by atoms with van der Waals surface area (Å²) < 4.78 is 5.36.